The van der Waals surface area contributed by atoms with Gasteiger partial charge >= 0.3 is 5.97 Å². The van der Waals surface area contributed by atoms with Crippen LogP contribution in [0.1, 0.15) is 42.9 Å². The molecule has 0 saturated carbocycles. The van der Waals surface area contributed by atoms with Crippen molar-refractivity contribution >= 4 is 5.97 Å². The molecular formula is C15H19NO3. The number of ether oxygens (including phenoxy) is 1. The predicted octanol–water partition coefficient (Wildman–Crippen LogP) is 2.28. The van der Waals surface area contributed by atoms with E-state index < -0.39 is 12.0 Å². The van der Waals surface area contributed by atoms with E-state index in [1.165, 1.54) is 5.56 Å². The predicted molar refractivity (Wildman–Crippen MR) is 71.4 cm³/mol. The third kappa shape index (κ3) is 2.45. The fraction of sp³-hybridized carbons (Fsp3) is 0.533. The molecule has 0 aliphatic carbocycles. The van der Waals surface area contributed by atoms with E-state index in [1.807, 2.05) is 0 Å². The molecule has 1 aromatic rings. The van der Waals surface area contributed by atoms with Gasteiger partial charge < -0.3 is 9.84 Å². The highest BCUT2D eigenvalue weighted by molar-refractivity contribution is 5.73. The summed E-state index contributed by atoms with van der Waals surface area (Å²) in [5.74, 6) is 0.229. The number of nitrogens with one attached hydrogen (secondary N) is 1. The molecule has 4 nitrogen and oxygen atoms in total. The van der Waals surface area contributed by atoms with Crippen LogP contribution in [-0.2, 0) is 11.2 Å². The monoisotopic (exact) mass is 261 g/mol. The van der Waals surface area contributed by atoms with Gasteiger partial charge in [0.25, 0.3) is 0 Å². The lowest BCUT2D eigenvalue weighted by Crippen LogP contribution is -2.42. The summed E-state index contributed by atoms with van der Waals surface area (Å²) in [4.78, 5) is 11.1. The Morgan fingerprint density at radius 2 is 2.21 bits per heavy atom. The van der Waals surface area contributed by atoms with E-state index in [4.69, 9.17) is 9.84 Å². The second-order valence-corrected chi connectivity index (χ2v) is 5.33. The van der Waals surface area contributed by atoms with Crippen LogP contribution in [-0.4, -0.2) is 23.7 Å². The third-order valence-corrected chi connectivity index (χ3v) is 4.03. The minimum atomic E-state index is -0.754. The number of hydrogen-bond acceptors (Lipinski definition) is 3. The Morgan fingerprint density at radius 3 is 3.05 bits per heavy atom. The average molecular weight is 261 g/mol. The molecule has 2 atom stereocenters. The van der Waals surface area contributed by atoms with Gasteiger partial charge in [0.15, 0.2) is 0 Å². The van der Waals surface area contributed by atoms with E-state index >= 15 is 0 Å². The Morgan fingerprint density at radius 1 is 1.32 bits per heavy atom. The molecule has 1 aromatic carbocycles. The summed E-state index contributed by atoms with van der Waals surface area (Å²) in [5, 5.41) is 12.4. The molecule has 2 N–H and O–H groups in total. The van der Waals surface area contributed by atoms with Gasteiger partial charge in [-0.1, -0.05) is 18.2 Å². The molecule has 2 aliphatic heterocycles. The van der Waals surface area contributed by atoms with E-state index in [-0.39, 0.29) is 6.04 Å². The number of carboxylic acid groups (broad SMARTS) is 1. The Balaban J connectivity index is 1.87. The molecule has 102 valence electrons. The first-order chi connectivity index (χ1) is 9.25. The number of carbonyl (C=O) groups is 1. The number of carboxylic acids is 1. The summed E-state index contributed by atoms with van der Waals surface area (Å²) >= 11 is 0. The number of para-hydroxylation sites is 1. The largest absolute Gasteiger partial charge is 0.493 e. The van der Waals surface area contributed by atoms with Crippen molar-refractivity contribution in [3.05, 3.63) is 29.3 Å². The lowest BCUT2D eigenvalue weighted by molar-refractivity contribution is -0.140. The number of aryl methyl sites for hydroxylation is 1. The van der Waals surface area contributed by atoms with Crippen LogP contribution in [0.3, 0.4) is 0 Å². The van der Waals surface area contributed by atoms with Gasteiger partial charge in [0.1, 0.15) is 11.8 Å². The summed E-state index contributed by atoms with van der Waals surface area (Å²) in [5.41, 5.74) is 2.38. The molecule has 3 rings (SSSR count). The van der Waals surface area contributed by atoms with Gasteiger partial charge in [0, 0.05) is 11.6 Å². The van der Waals surface area contributed by atoms with Crippen molar-refractivity contribution in [1.29, 1.82) is 0 Å². The highest BCUT2D eigenvalue weighted by Crippen LogP contribution is 2.36. The molecule has 19 heavy (non-hydrogen) atoms. The fourth-order valence-corrected chi connectivity index (χ4v) is 3.06. The summed E-state index contributed by atoms with van der Waals surface area (Å²) in [7, 11) is 0. The number of rotatable bonds is 2. The zero-order valence-corrected chi connectivity index (χ0v) is 10.9. The Bertz CT molecular complexity index is 486. The molecule has 2 heterocycles. The normalized spacial score (nSPS) is 26.3. The number of fused-ring (bicyclic) bond motifs is 1. The molecule has 1 fully saturated rings. The van der Waals surface area contributed by atoms with Crippen LogP contribution < -0.4 is 10.1 Å². The standard InChI is InChI=1S/C15H19NO3/c17-15(18)13-8-2-7-12(16-13)11-6-1-4-10-5-3-9-19-14(10)11/h1,4,6,12-13,16H,2-3,5,7-9H2,(H,17,18). The van der Waals surface area contributed by atoms with Gasteiger partial charge in [-0.05, 0) is 37.7 Å². The van der Waals surface area contributed by atoms with Crippen LogP contribution in [0.5, 0.6) is 5.75 Å². The van der Waals surface area contributed by atoms with Crippen LogP contribution in [0.15, 0.2) is 18.2 Å². The first-order valence-corrected chi connectivity index (χ1v) is 6.99. The van der Waals surface area contributed by atoms with Crippen LogP contribution in [0.2, 0.25) is 0 Å². The van der Waals surface area contributed by atoms with Gasteiger partial charge in [-0.25, -0.2) is 0 Å². The number of piperidine rings is 1. The summed E-state index contributed by atoms with van der Waals surface area (Å²) in [6, 6.07) is 5.89. The maximum Gasteiger partial charge on any atom is 0.320 e. The highest BCUT2D eigenvalue weighted by atomic mass is 16.5. The van der Waals surface area contributed by atoms with Crippen molar-refractivity contribution in [2.45, 2.75) is 44.2 Å². The molecule has 1 saturated heterocycles. The lowest BCUT2D eigenvalue weighted by atomic mass is 9.90. The maximum atomic E-state index is 11.1. The maximum absolute atomic E-state index is 11.1. The number of aliphatic carboxylic acids is 1. The number of hydrogen-bond donors (Lipinski definition) is 2. The van der Waals surface area contributed by atoms with Gasteiger partial charge in [-0.15, -0.1) is 0 Å². The first-order valence-electron chi connectivity index (χ1n) is 6.99. The van der Waals surface area contributed by atoms with Crippen molar-refractivity contribution in [2.75, 3.05) is 6.61 Å². The lowest BCUT2D eigenvalue weighted by Gasteiger charge is -2.31. The quantitative estimate of drug-likeness (QED) is 0.857. The van der Waals surface area contributed by atoms with E-state index in [9.17, 15) is 4.79 Å². The molecule has 0 amide bonds. The van der Waals surface area contributed by atoms with Crippen LogP contribution in [0, 0.1) is 0 Å². The van der Waals surface area contributed by atoms with Gasteiger partial charge in [0.2, 0.25) is 0 Å². The first kappa shape index (κ1) is 12.5. The minimum Gasteiger partial charge on any atom is -0.493 e. The zero-order valence-electron chi connectivity index (χ0n) is 10.9. The van der Waals surface area contributed by atoms with Crippen molar-refractivity contribution in [1.82, 2.24) is 5.32 Å². The van der Waals surface area contributed by atoms with Crippen LogP contribution in [0.25, 0.3) is 0 Å². The molecule has 2 aliphatic rings. The topological polar surface area (TPSA) is 58.6 Å². The van der Waals surface area contributed by atoms with Crippen LogP contribution in [0.4, 0.5) is 0 Å². The molecule has 0 spiro atoms. The highest BCUT2D eigenvalue weighted by Gasteiger charge is 2.29. The minimum absolute atomic E-state index is 0.0999. The van der Waals surface area contributed by atoms with E-state index in [0.29, 0.717) is 6.42 Å². The number of benzene rings is 1. The van der Waals surface area contributed by atoms with Crippen molar-refractivity contribution in [2.24, 2.45) is 0 Å². The third-order valence-electron chi connectivity index (χ3n) is 4.03. The van der Waals surface area contributed by atoms with Crippen molar-refractivity contribution < 1.29 is 14.6 Å². The van der Waals surface area contributed by atoms with Crippen molar-refractivity contribution in [3.63, 3.8) is 0 Å². The second kappa shape index (κ2) is 5.21. The Labute approximate surface area is 112 Å². The zero-order chi connectivity index (χ0) is 13.2. The van der Waals surface area contributed by atoms with Crippen LogP contribution >= 0.6 is 0 Å². The molecule has 0 radical (unpaired) electrons. The summed E-state index contributed by atoms with van der Waals surface area (Å²) in [6.45, 7) is 0.763. The smallest absolute Gasteiger partial charge is 0.320 e. The Hall–Kier alpha value is -1.55. The van der Waals surface area contributed by atoms with E-state index in [0.717, 1.165) is 43.6 Å². The molecule has 2 unspecified atom stereocenters. The fourth-order valence-electron chi connectivity index (χ4n) is 3.06. The van der Waals surface area contributed by atoms with Gasteiger partial charge in [-0.3, -0.25) is 10.1 Å². The summed E-state index contributed by atoms with van der Waals surface area (Å²) in [6.07, 6.45) is 4.74. The van der Waals surface area contributed by atoms with Gasteiger partial charge in [0.05, 0.1) is 6.61 Å². The SMILES string of the molecule is O=C(O)C1CCCC(c2cccc3c2OCCC3)N1. The average Bonchev–Trinajstić information content (AvgIpc) is 2.47. The van der Waals surface area contributed by atoms with Crippen molar-refractivity contribution in [3.8, 4) is 5.75 Å². The molecule has 4 heteroatoms. The van der Waals surface area contributed by atoms with E-state index in [1.54, 1.807) is 0 Å². The van der Waals surface area contributed by atoms with E-state index in [2.05, 4.69) is 23.5 Å². The molecular weight excluding hydrogens is 242 g/mol. The van der Waals surface area contributed by atoms with Gasteiger partial charge in [-0.2, -0.15) is 0 Å². The Kier molecular flexibility index (Phi) is 3.42. The molecule has 0 bridgehead atoms. The molecule has 0 aromatic heterocycles. The second-order valence-electron chi connectivity index (χ2n) is 5.33. The summed E-state index contributed by atoms with van der Waals surface area (Å²) < 4.78 is 5.82.